The molecule has 30 heavy (non-hydrogen) atoms. The Hall–Kier alpha value is -3.60. The molecule has 1 aliphatic carbocycles. The molecular formula is C25H22N2O3. The summed E-state index contributed by atoms with van der Waals surface area (Å²) in [6.45, 7) is 1.20. The predicted octanol–water partition coefficient (Wildman–Crippen LogP) is 4.85. The maximum absolute atomic E-state index is 11.0. The van der Waals surface area contributed by atoms with Gasteiger partial charge in [-0.15, -0.1) is 0 Å². The second-order valence-corrected chi connectivity index (χ2v) is 7.83. The largest absolute Gasteiger partial charge is 0.489 e. The molecule has 0 spiro atoms. The number of hydrogen-bond acceptors (Lipinski definition) is 3. The first-order valence-corrected chi connectivity index (χ1v) is 10.1. The number of carbonyl (C=O) groups is 1. The van der Waals surface area contributed by atoms with Crippen LogP contribution in [0, 0.1) is 5.92 Å². The molecule has 5 nitrogen and oxygen atoms in total. The fraction of sp³-hybridized carbons (Fsp3) is 0.200. The highest BCUT2D eigenvalue weighted by atomic mass is 16.5. The van der Waals surface area contributed by atoms with Gasteiger partial charge in [0.25, 0.3) is 0 Å². The van der Waals surface area contributed by atoms with Gasteiger partial charge in [-0.3, -0.25) is 9.48 Å². The van der Waals surface area contributed by atoms with Gasteiger partial charge in [0.05, 0.1) is 24.2 Å². The van der Waals surface area contributed by atoms with Crippen molar-refractivity contribution in [1.82, 2.24) is 9.78 Å². The third-order valence-electron chi connectivity index (χ3n) is 5.71. The van der Waals surface area contributed by atoms with E-state index in [4.69, 9.17) is 9.84 Å². The van der Waals surface area contributed by atoms with E-state index in [1.807, 2.05) is 53.3 Å². The number of benzene rings is 3. The van der Waals surface area contributed by atoms with Crippen LogP contribution in [-0.2, 0) is 17.9 Å². The number of aromatic nitrogens is 2. The minimum atomic E-state index is -0.706. The minimum Gasteiger partial charge on any atom is -0.489 e. The Labute approximate surface area is 174 Å². The first-order chi connectivity index (χ1) is 14.7. The molecule has 0 bridgehead atoms. The maximum Gasteiger partial charge on any atom is 0.307 e. The van der Waals surface area contributed by atoms with Crippen molar-refractivity contribution in [3.05, 3.63) is 95.7 Å². The molecule has 1 heterocycles. The molecule has 3 aromatic carbocycles. The lowest BCUT2D eigenvalue weighted by atomic mass is 10.1. The molecule has 1 aromatic heterocycles. The van der Waals surface area contributed by atoms with E-state index in [0.717, 1.165) is 40.7 Å². The van der Waals surface area contributed by atoms with Gasteiger partial charge in [-0.05, 0) is 47.2 Å². The number of carboxylic acids is 1. The van der Waals surface area contributed by atoms with Crippen molar-refractivity contribution < 1.29 is 14.6 Å². The highest BCUT2D eigenvalue weighted by Crippen LogP contribution is 2.47. The van der Waals surface area contributed by atoms with Gasteiger partial charge in [0.1, 0.15) is 12.4 Å². The normalized spacial score (nSPS) is 17.7. The standard InChI is InChI=1S/C25H22N2O3/c28-25(29)23-13-22(23)19-8-10-21(11-9-19)30-16-18-6-7-20-14-26-27(24(20)12-18)15-17-4-2-1-3-5-17/h1-12,14,22-23H,13,15-16H2,(H,28,29). The molecule has 5 heteroatoms. The lowest BCUT2D eigenvalue weighted by Gasteiger charge is -2.09. The molecule has 0 amide bonds. The Morgan fingerprint density at radius 3 is 2.57 bits per heavy atom. The summed E-state index contributed by atoms with van der Waals surface area (Å²) >= 11 is 0. The van der Waals surface area contributed by atoms with Gasteiger partial charge >= 0.3 is 5.97 Å². The van der Waals surface area contributed by atoms with E-state index in [2.05, 4.69) is 35.4 Å². The van der Waals surface area contributed by atoms with Crippen LogP contribution in [0.25, 0.3) is 10.9 Å². The summed E-state index contributed by atoms with van der Waals surface area (Å²) < 4.78 is 7.97. The van der Waals surface area contributed by atoms with Gasteiger partial charge in [-0.2, -0.15) is 5.10 Å². The summed E-state index contributed by atoms with van der Waals surface area (Å²) in [5.41, 5.74) is 4.45. The molecule has 0 radical (unpaired) electrons. The molecule has 150 valence electrons. The van der Waals surface area contributed by atoms with Gasteiger partial charge < -0.3 is 9.84 Å². The topological polar surface area (TPSA) is 64.3 Å². The number of fused-ring (bicyclic) bond motifs is 1. The first-order valence-electron chi connectivity index (χ1n) is 10.1. The molecule has 0 aliphatic heterocycles. The fourth-order valence-corrected chi connectivity index (χ4v) is 3.90. The number of rotatable bonds is 7. The smallest absolute Gasteiger partial charge is 0.307 e. The van der Waals surface area contributed by atoms with E-state index in [-0.39, 0.29) is 11.8 Å². The average molecular weight is 398 g/mol. The van der Waals surface area contributed by atoms with E-state index < -0.39 is 5.97 Å². The molecule has 1 aliphatic rings. The molecule has 2 atom stereocenters. The van der Waals surface area contributed by atoms with Gasteiger partial charge in [0, 0.05) is 5.39 Å². The maximum atomic E-state index is 11.0. The third kappa shape index (κ3) is 3.79. The molecule has 4 aromatic rings. The Morgan fingerprint density at radius 2 is 1.83 bits per heavy atom. The van der Waals surface area contributed by atoms with Crippen LogP contribution in [0.1, 0.15) is 29.0 Å². The molecule has 0 saturated heterocycles. The molecular weight excluding hydrogens is 376 g/mol. The van der Waals surface area contributed by atoms with Crippen molar-refractivity contribution in [2.24, 2.45) is 5.92 Å². The van der Waals surface area contributed by atoms with E-state index in [1.165, 1.54) is 5.56 Å². The summed E-state index contributed by atoms with van der Waals surface area (Å²) in [5.74, 6) is -0.0144. The van der Waals surface area contributed by atoms with Crippen LogP contribution in [0.5, 0.6) is 5.75 Å². The number of ether oxygens (including phenoxy) is 1. The minimum absolute atomic E-state index is 0.142. The molecule has 1 saturated carbocycles. The van der Waals surface area contributed by atoms with E-state index in [1.54, 1.807) is 0 Å². The Morgan fingerprint density at radius 1 is 1.03 bits per heavy atom. The first kappa shape index (κ1) is 18.4. The van der Waals surface area contributed by atoms with Crippen LogP contribution >= 0.6 is 0 Å². The molecule has 1 N–H and O–H groups in total. The van der Waals surface area contributed by atoms with Crippen LogP contribution in [0.15, 0.2) is 79.0 Å². The number of carboxylic acid groups (broad SMARTS) is 1. The van der Waals surface area contributed by atoms with Crippen molar-refractivity contribution in [1.29, 1.82) is 0 Å². The zero-order chi connectivity index (χ0) is 20.5. The predicted molar refractivity (Wildman–Crippen MR) is 115 cm³/mol. The Bertz CT molecular complexity index is 1180. The van der Waals surface area contributed by atoms with E-state index in [9.17, 15) is 4.79 Å². The SMILES string of the molecule is O=C(O)C1CC1c1ccc(OCc2ccc3cnn(Cc4ccccc4)c3c2)cc1. The van der Waals surface area contributed by atoms with E-state index >= 15 is 0 Å². The molecule has 1 fully saturated rings. The fourth-order valence-electron chi connectivity index (χ4n) is 3.90. The summed E-state index contributed by atoms with van der Waals surface area (Å²) in [5, 5.41) is 14.7. The van der Waals surface area contributed by atoms with Crippen molar-refractivity contribution in [2.75, 3.05) is 0 Å². The van der Waals surface area contributed by atoms with Crippen molar-refractivity contribution in [3.63, 3.8) is 0 Å². The highest BCUT2D eigenvalue weighted by molar-refractivity contribution is 5.79. The van der Waals surface area contributed by atoms with Gasteiger partial charge in [0.15, 0.2) is 0 Å². The quantitative estimate of drug-likeness (QED) is 0.483. The van der Waals surface area contributed by atoms with Crippen LogP contribution in [0.3, 0.4) is 0 Å². The Kier molecular flexibility index (Phi) is 4.71. The van der Waals surface area contributed by atoms with Crippen molar-refractivity contribution in [2.45, 2.75) is 25.5 Å². The average Bonchev–Trinajstić information content (AvgIpc) is 3.49. The van der Waals surface area contributed by atoms with Gasteiger partial charge in [0.2, 0.25) is 0 Å². The van der Waals surface area contributed by atoms with Crippen molar-refractivity contribution in [3.8, 4) is 5.75 Å². The molecule has 5 rings (SSSR count). The van der Waals surface area contributed by atoms with Gasteiger partial charge in [-0.1, -0.05) is 54.6 Å². The van der Waals surface area contributed by atoms with Gasteiger partial charge in [-0.25, -0.2) is 0 Å². The summed E-state index contributed by atoms with van der Waals surface area (Å²) in [6, 6.07) is 24.3. The second kappa shape index (κ2) is 7.67. The Balaban J connectivity index is 1.26. The van der Waals surface area contributed by atoms with Crippen LogP contribution < -0.4 is 4.74 Å². The lowest BCUT2D eigenvalue weighted by molar-refractivity contribution is -0.138. The summed E-state index contributed by atoms with van der Waals surface area (Å²) in [7, 11) is 0. The van der Waals surface area contributed by atoms with Crippen LogP contribution in [-0.4, -0.2) is 20.9 Å². The highest BCUT2D eigenvalue weighted by Gasteiger charge is 2.44. The zero-order valence-electron chi connectivity index (χ0n) is 16.4. The van der Waals surface area contributed by atoms with E-state index in [0.29, 0.717) is 6.61 Å². The number of hydrogen-bond donors (Lipinski definition) is 1. The number of nitrogens with zero attached hydrogens (tertiary/aromatic N) is 2. The van der Waals surface area contributed by atoms with Crippen LogP contribution in [0.4, 0.5) is 0 Å². The lowest BCUT2D eigenvalue weighted by Crippen LogP contribution is -2.02. The number of aliphatic carboxylic acids is 1. The molecule has 2 unspecified atom stereocenters. The third-order valence-corrected chi connectivity index (χ3v) is 5.71. The second-order valence-electron chi connectivity index (χ2n) is 7.83. The summed E-state index contributed by atoms with van der Waals surface area (Å²) in [4.78, 5) is 11.0. The van der Waals surface area contributed by atoms with Crippen molar-refractivity contribution >= 4 is 16.9 Å². The summed E-state index contributed by atoms with van der Waals surface area (Å²) in [6.07, 6.45) is 2.62. The van der Waals surface area contributed by atoms with Crippen LogP contribution in [0.2, 0.25) is 0 Å². The monoisotopic (exact) mass is 398 g/mol. The zero-order valence-corrected chi connectivity index (χ0v) is 16.4.